The second-order valence-corrected chi connectivity index (χ2v) is 9.36. The average molecular weight is 470 g/mol. The number of amides is 1. The van der Waals surface area contributed by atoms with Gasteiger partial charge in [-0.25, -0.2) is 17.5 Å². The molecule has 0 bridgehead atoms. The average Bonchev–Trinajstić information content (AvgIpc) is 3.36. The molecule has 1 aliphatic rings. The van der Waals surface area contributed by atoms with E-state index in [-0.39, 0.29) is 23.2 Å². The van der Waals surface area contributed by atoms with Crippen LogP contribution in [-0.2, 0) is 21.4 Å². The summed E-state index contributed by atoms with van der Waals surface area (Å²) in [4.78, 5) is 16.5. The molecule has 1 fully saturated rings. The number of hydrogen-bond donors (Lipinski definition) is 1. The van der Waals surface area contributed by atoms with Gasteiger partial charge in [-0.3, -0.25) is 4.79 Å². The molecule has 0 atom stereocenters. The lowest BCUT2D eigenvalue weighted by atomic mass is 10.2. The summed E-state index contributed by atoms with van der Waals surface area (Å²) in [5.74, 6) is 0.147. The summed E-state index contributed by atoms with van der Waals surface area (Å²) in [6.07, 6.45) is 4.64. The Bertz CT molecular complexity index is 1200. The number of sulfonamides is 1. The molecule has 1 saturated heterocycles. The topological polar surface area (TPSA) is 82.9 Å². The second kappa shape index (κ2) is 10.0. The quantitative estimate of drug-likeness (QED) is 0.537. The number of carbonyl (C=O) groups is 1. The fourth-order valence-corrected chi connectivity index (χ4v) is 4.52. The first-order chi connectivity index (χ1) is 15.9. The maximum atomic E-state index is 13.1. The Kier molecular flexibility index (Phi) is 6.90. The Hall–Kier alpha value is -3.43. The molecule has 1 amide bonds. The van der Waals surface area contributed by atoms with Crippen LogP contribution in [0.1, 0.15) is 11.3 Å². The molecule has 7 nitrogen and oxygen atoms in total. The fourth-order valence-electron chi connectivity index (χ4n) is 3.53. The predicted molar refractivity (Wildman–Crippen MR) is 123 cm³/mol. The fraction of sp³-hybridized carbons (Fsp3) is 0.208. The van der Waals surface area contributed by atoms with Crippen molar-refractivity contribution in [2.45, 2.75) is 11.4 Å². The maximum absolute atomic E-state index is 13.1. The number of furan rings is 1. The Labute approximate surface area is 192 Å². The van der Waals surface area contributed by atoms with Crippen molar-refractivity contribution in [1.82, 2.24) is 9.62 Å². The van der Waals surface area contributed by atoms with E-state index in [1.54, 1.807) is 47.4 Å². The van der Waals surface area contributed by atoms with E-state index in [0.29, 0.717) is 31.9 Å². The Morgan fingerprint density at radius 1 is 1.00 bits per heavy atom. The van der Waals surface area contributed by atoms with Gasteiger partial charge in [-0.15, -0.1) is 0 Å². The summed E-state index contributed by atoms with van der Waals surface area (Å²) in [5.41, 5.74) is 1.66. The minimum atomic E-state index is -3.67. The Balaban J connectivity index is 1.29. The van der Waals surface area contributed by atoms with Crippen LogP contribution in [0.25, 0.3) is 6.08 Å². The molecule has 2 aromatic carbocycles. The van der Waals surface area contributed by atoms with Crippen LogP contribution >= 0.6 is 0 Å². The first kappa shape index (κ1) is 22.8. The number of anilines is 1. The SMILES string of the molecule is O=C(C=Cc1ccc(S(=O)(=O)NCc2ccco2)cc1)N1CCN(c2ccc(F)cc2)CC1. The lowest BCUT2D eigenvalue weighted by molar-refractivity contribution is -0.126. The number of halogens is 1. The molecule has 0 unspecified atom stereocenters. The first-order valence-electron chi connectivity index (χ1n) is 10.5. The molecular formula is C24H24FN3O4S. The summed E-state index contributed by atoms with van der Waals surface area (Å²) < 4.78 is 45.5. The van der Waals surface area contributed by atoms with E-state index in [0.717, 1.165) is 11.3 Å². The minimum Gasteiger partial charge on any atom is -0.468 e. The van der Waals surface area contributed by atoms with E-state index in [1.165, 1.54) is 36.6 Å². The van der Waals surface area contributed by atoms with Crippen LogP contribution in [0.2, 0.25) is 0 Å². The molecule has 0 aliphatic carbocycles. The van der Waals surface area contributed by atoms with Gasteiger partial charge in [-0.05, 0) is 60.2 Å². The van der Waals surface area contributed by atoms with Crippen LogP contribution in [0.5, 0.6) is 0 Å². The molecule has 1 aliphatic heterocycles. The number of carbonyl (C=O) groups excluding carboxylic acids is 1. The number of nitrogens with zero attached hydrogens (tertiary/aromatic N) is 2. The smallest absolute Gasteiger partial charge is 0.246 e. The van der Waals surface area contributed by atoms with Gasteiger partial charge >= 0.3 is 0 Å². The van der Waals surface area contributed by atoms with Crippen molar-refractivity contribution in [3.05, 3.63) is 90.1 Å². The number of rotatable bonds is 7. The van der Waals surface area contributed by atoms with Gasteiger partial charge in [-0.1, -0.05) is 12.1 Å². The Morgan fingerprint density at radius 2 is 1.70 bits per heavy atom. The van der Waals surface area contributed by atoms with Crippen molar-refractivity contribution in [2.75, 3.05) is 31.1 Å². The largest absolute Gasteiger partial charge is 0.468 e. The van der Waals surface area contributed by atoms with Gasteiger partial charge in [0.05, 0.1) is 17.7 Å². The molecule has 33 heavy (non-hydrogen) atoms. The zero-order valence-electron chi connectivity index (χ0n) is 17.9. The van der Waals surface area contributed by atoms with E-state index in [9.17, 15) is 17.6 Å². The highest BCUT2D eigenvalue weighted by Gasteiger charge is 2.20. The predicted octanol–water partition coefficient (Wildman–Crippen LogP) is 3.26. The van der Waals surface area contributed by atoms with Crippen LogP contribution in [0.4, 0.5) is 10.1 Å². The number of piperazine rings is 1. The first-order valence-corrected chi connectivity index (χ1v) is 12.0. The van der Waals surface area contributed by atoms with Crippen molar-refractivity contribution in [3.63, 3.8) is 0 Å². The minimum absolute atomic E-state index is 0.0694. The van der Waals surface area contributed by atoms with E-state index in [2.05, 4.69) is 9.62 Å². The molecule has 9 heteroatoms. The third-order valence-electron chi connectivity index (χ3n) is 5.41. The molecular weight excluding hydrogens is 445 g/mol. The lowest BCUT2D eigenvalue weighted by Crippen LogP contribution is -2.48. The van der Waals surface area contributed by atoms with Gasteiger partial charge in [0.15, 0.2) is 0 Å². The highest BCUT2D eigenvalue weighted by atomic mass is 32.2. The number of benzene rings is 2. The molecule has 3 aromatic rings. The van der Waals surface area contributed by atoms with Crippen molar-refractivity contribution in [2.24, 2.45) is 0 Å². The van der Waals surface area contributed by atoms with E-state index < -0.39 is 10.0 Å². The molecule has 1 N–H and O–H groups in total. The summed E-state index contributed by atoms with van der Waals surface area (Å²) in [6.45, 7) is 2.55. The molecule has 172 valence electrons. The third kappa shape index (κ3) is 5.88. The highest BCUT2D eigenvalue weighted by molar-refractivity contribution is 7.89. The van der Waals surface area contributed by atoms with Crippen molar-refractivity contribution < 1.29 is 22.0 Å². The van der Waals surface area contributed by atoms with Crippen LogP contribution < -0.4 is 9.62 Å². The van der Waals surface area contributed by atoms with Crippen LogP contribution in [0.3, 0.4) is 0 Å². The molecule has 1 aromatic heterocycles. The summed E-state index contributed by atoms with van der Waals surface area (Å²) in [5, 5.41) is 0. The summed E-state index contributed by atoms with van der Waals surface area (Å²) in [6, 6.07) is 16.0. The van der Waals surface area contributed by atoms with Gasteiger partial charge in [0, 0.05) is 37.9 Å². The van der Waals surface area contributed by atoms with Gasteiger partial charge in [0.2, 0.25) is 15.9 Å². The van der Waals surface area contributed by atoms with Gasteiger partial charge < -0.3 is 14.2 Å². The van der Waals surface area contributed by atoms with Crippen molar-refractivity contribution >= 4 is 27.7 Å². The maximum Gasteiger partial charge on any atom is 0.246 e. The Morgan fingerprint density at radius 3 is 2.33 bits per heavy atom. The summed E-state index contributed by atoms with van der Waals surface area (Å²) in [7, 11) is -3.67. The van der Waals surface area contributed by atoms with Crippen LogP contribution in [-0.4, -0.2) is 45.4 Å². The second-order valence-electron chi connectivity index (χ2n) is 7.60. The molecule has 0 radical (unpaired) electrons. The number of nitrogens with one attached hydrogen (secondary N) is 1. The normalized spacial score (nSPS) is 14.7. The third-order valence-corrected chi connectivity index (χ3v) is 6.83. The molecule has 2 heterocycles. The zero-order valence-corrected chi connectivity index (χ0v) is 18.7. The summed E-state index contributed by atoms with van der Waals surface area (Å²) >= 11 is 0. The molecule has 0 saturated carbocycles. The molecule has 4 rings (SSSR count). The van der Waals surface area contributed by atoms with Crippen LogP contribution in [0, 0.1) is 5.82 Å². The zero-order chi connectivity index (χ0) is 23.3. The van der Waals surface area contributed by atoms with Crippen LogP contribution in [0.15, 0.2) is 82.3 Å². The van der Waals surface area contributed by atoms with E-state index >= 15 is 0 Å². The van der Waals surface area contributed by atoms with Crippen molar-refractivity contribution in [1.29, 1.82) is 0 Å². The molecule has 0 spiro atoms. The van der Waals surface area contributed by atoms with E-state index in [4.69, 9.17) is 4.42 Å². The van der Waals surface area contributed by atoms with Crippen molar-refractivity contribution in [3.8, 4) is 0 Å². The highest BCUT2D eigenvalue weighted by Crippen LogP contribution is 2.17. The van der Waals surface area contributed by atoms with Gasteiger partial charge in [0.1, 0.15) is 11.6 Å². The van der Waals surface area contributed by atoms with Gasteiger partial charge in [0.25, 0.3) is 0 Å². The van der Waals surface area contributed by atoms with Gasteiger partial charge in [-0.2, -0.15) is 0 Å². The van der Waals surface area contributed by atoms with E-state index in [1.807, 2.05) is 0 Å². The lowest BCUT2D eigenvalue weighted by Gasteiger charge is -2.35. The number of hydrogen-bond acceptors (Lipinski definition) is 5. The monoisotopic (exact) mass is 469 g/mol. The standard InChI is InChI=1S/C24H24FN3O4S/c25-20-6-8-21(9-7-20)27-13-15-28(16-14-27)24(29)12-5-19-3-10-23(11-4-19)33(30,31)26-18-22-2-1-17-32-22/h1-12,17,26H,13-16,18H2.